The van der Waals surface area contributed by atoms with Crippen molar-refractivity contribution < 1.29 is 9.90 Å². The molecule has 0 amide bonds. The number of nitriles is 1. The Morgan fingerprint density at radius 3 is 2.77 bits per heavy atom. The molecule has 0 aliphatic heterocycles. The number of carbonyl (C=O) groups is 1. The predicted octanol–water partition coefficient (Wildman–Crippen LogP) is 2.27. The van der Waals surface area contributed by atoms with Crippen LogP contribution >= 0.6 is 0 Å². The zero-order chi connectivity index (χ0) is 10.1. The summed E-state index contributed by atoms with van der Waals surface area (Å²) in [6.45, 7) is 1.88. The SMILES string of the molecule is CC=C(CC#N)CCC=CC(=O)O. The minimum atomic E-state index is -0.928. The van der Waals surface area contributed by atoms with Crippen molar-refractivity contribution in [3.05, 3.63) is 23.8 Å². The maximum Gasteiger partial charge on any atom is 0.327 e. The molecule has 13 heavy (non-hydrogen) atoms. The van der Waals surface area contributed by atoms with Crippen molar-refractivity contribution in [3.63, 3.8) is 0 Å². The molecule has 0 aliphatic rings. The summed E-state index contributed by atoms with van der Waals surface area (Å²) in [5, 5.41) is 16.7. The first-order valence-corrected chi connectivity index (χ1v) is 4.11. The van der Waals surface area contributed by atoms with Crippen LogP contribution in [0.3, 0.4) is 0 Å². The third kappa shape index (κ3) is 6.82. The Labute approximate surface area is 78.0 Å². The van der Waals surface area contributed by atoms with Crippen LogP contribution in [0.4, 0.5) is 0 Å². The minimum absolute atomic E-state index is 0.428. The lowest BCUT2D eigenvalue weighted by molar-refractivity contribution is -0.131. The van der Waals surface area contributed by atoms with Crippen LogP contribution < -0.4 is 0 Å². The fourth-order valence-electron chi connectivity index (χ4n) is 0.889. The zero-order valence-electron chi connectivity index (χ0n) is 7.66. The van der Waals surface area contributed by atoms with Gasteiger partial charge in [-0.05, 0) is 19.8 Å². The molecule has 0 radical (unpaired) electrons. The Balaban J connectivity index is 3.76. The normalized spacial score (nSPS) is 11.5. The van der Waals surface area contributed by atoms with Crippen molar-refractivity contribution in [2.45, 2.75) is 26.2 Å². The lowest BCUT2D eigenvalue weighted by Gasteiger charge is -1.97. The van der Waals surface area contributed by atoms with E-state index in [1.165, 1.54) is 0 Å². The summed E-state index contributed by atoms with van der Waals surface area (Å²) in [5.74, 6) is -0.928. The number of carboxylic acid groups (broad SMARTS) is 1. The fraction of sp³-hybridized carbons (Fsp3) is 0.400. The molecule has 0 rings (SSSR count). The van der Waals surface area contributed by atoms with E-state index in [1.807, 2.05) is 13.0 Å². The van der Waals surface area contributed by atoms with Crippen LogP contribution in [0.2, 0.25) is 0 Å². The van der Waals surface area contributed by atoms with Gasteiger partial charge in [0.25, 0.3) is 0 Å². The Morgan fingerprint density at radius 1 is 1.62 bits per heavy atom. The summed E-state index contributed by atoms with van der Waals surface area (Å²) in [6.07, 6.45) is 6.49. The second-order valence-corrected chi connectivity index (χ2v) is 2.56. The van der Waals surface area contributed by atoms with Crippen LogP contribution in [-0.2, 0) is 4.79 Å². The van der Waals surface area contributed by atoms with Crippen molar-refractivity contribution in [1.29, 1.82) is 5.26 Å². The minimum Gasteiger partial charge on any atom is -0.478 e. The smallest absolute Gasteiger partial charge is 0.327 e. The molecule has 0 bridgehead atoms. The molecule has 0 spiro atoms. The molecule has 0 saturated heterocycles. The summed E-state index contributed by atoms with van der Waals surface area (Å²) in [4.78, 5) is 10.1. The van der Waals surface area contributed by atoms with Crippen molar-refractivity contribution in [3.8, 4) is 6.07 Å². The molecular formula is C10H13NO2. The molecule has 3 heteroatoms. The van der Waals surface area contributed by atoms with E-state index in [0.717, 1.165) is 18.1 Å². The molecule has 0 fully saturated rings. The van der Waals surface area contributed by atoms with Gasteiger partial charge in [0.2, 0.25) is 0 Å². The number of allylic oxidation sites excluding steroid dienone is 3. The summed E-state index contributed by atoms with van der Waals surface area (Å²) in [6, 6.07) is 2.06. The van der Waals surface area contributed by atoms with Gasteiger partial charge in [-0.25, -0.2) is 4.79 Å². The lowest BCUT2D eigenvalue weighted by atomic mass is 10.1. The number of nitrogens with zero attached hydrogens (tertiary/aromatic N) is 1. The van der Waals surface area contributed by atoms with Gasteiger partial charge in [-0.3, -0.25) is 0 Å². The molecule has 0 aromatic rings. The molecule has 0 aromatic heterocycles. The number of hydrogen-bond acceptors (Lipinski definition) is 2. The van der Waals surface area contributed by atoms with Gasteiger partial charge in [-0.15, -0.1) is 0 Å². The molecule has 0 aromatic carbocycles. The van der Waals surface area contributed by atoms with Gasteiger partial charge in [0.05, 0.1) is 12.5 Å². The van der Waals surface area contributed by atoms with E-state index < -0.39 is 5.97 Å². The first-order chi connectivity index (χ1) is 6.20. The van der Waals surface area contributed by atoms with Crippen LogP contribution in [0.25, 0.3) is 0 Å². The highest BCUT2D eigenvalue weighted by molar-refractivity contribution is 5.79. The first-order valence-electron chi connectivity index (χ1n) is 4.11. The van der Waals surface area contributed by atoms with E-state index in [4.69, 9.17) is 10.4 Å². The van der Waals surface area contributed by atoms with Gasteiger partial charge < -0.3 is 5.11 Å². The van der Waals surface area contributed by atoms with E-state index in [0.29, 0.717) is 12.8 Å². The van der Waals surface area contributed by atoms with E-state index in [-0.39, 0.29) is 0 Å². The van der Waals surface area contributed by atoms with E-state index in [2.05, 4.69) is 6.07 Å². The highest BCUT2D eigenvalue weighted by atomic mass is 16.4. The van der Waals surface area contributed by atoms with Gasteiger partial charge in [0.15, 0.2) is 0 Å². The third-order valence-corrected chi connectivity index (χ3v) is 1.61. The average molecular weight is 179 g/mol. The Kier molecular flexibility index (Phi) is 6.26. The molecule has 70 valence electrons. The molecule has 0 aliphatic carbocycles. The zero-order valence-corrected chi connectivity index (χ0v) is 7.66. The van der Waals surface area contributed by atoms with Crippen molar-refractivity contribution in [2.75, 3.05) is 0 Å². The average Bonchev–Trinajstić information content (AvgIpc) is 2.10. The monoisotopic (exact) mass is 179 g/mol. The van der Waals surface area contributed by atoms with E-state index >= 15 is 0 Å². The van der Waals surface area contributed by atoms with Gasteiger partial charge in [0.1, 0.15) is 0 Å². The number of hydrogen-bond donors (Lipinski definition) is 1. The molecule has 0 heterocycles. The molecule has 0 unspecified atom stereocenters. The maximum absolute atomic E-state index is 10.1. The van der Waals surface area contributed by atoms with Crippen molar-refractivity contribution in [2.24, 2.45) is 0 Å². The molecule has 1 N–H and O–H groups in total. The highest BCUT2D eigenvalue weighted by Crippen LogP contribution is 2.08. The third-order valence-electron chi connectivity index (χ3n) is 1.61. The van der Waals surface area contributed by atoms with E-state index in [9.17, 15) is 4.79 Å². The Morgan fingerprint density at radius 2 is 2.31 bits per heavy atom. The summed E-state index contributed by atoms with van der Waals surface area (Å²) < 4.78 is 0. The Hall–Kier alpha value is -1.56. The standard InChI is InChI=1S/C10H13NO2/c1-2-9(7-8-11)5-3-4-6-10(12)13/h2,4,6H,3,5,7H2,1H3,(H,12,13). The number of aliphatic carboxylic acids is 1. The summed E-state index contributed by atoms with van der Waals surface area (Å²) in [7, 11) is 0. The van der Waals surface area contributed by atoms with Crippen molar-refractivity contribution >= 4 is 5.97 Å². The topological polar surface area (TPSA) is 61.1 Å². The quantitative estimate of drug-likeness (QED) is 0.520. The number of carboxylic acids is 1. The maximum atomic E-state index is 10.1. The first kappa shape index (κ1) is 11.4. The number of rotatable bonds is 5. The van der Waals surface area contributed by atoms with Crippen LogP contribution in [0, 0.1) is 11.3 Å². The van der Waals surface area contributed by atoms with Crippen LogP contribution in [-0.4, -0.2) is 11.1 Å². The molecule has 0 atom stereocenters. The van der Waals surface area contributed by atoms with Gasteiger partial charge in [-0.2, -0.15) is 5.26 Å². The Bertz CT molecular complexity index is 259. The van der Waals surface area contributed by atoms with Crippen LogP contribution in [0.15, 0.2) is 23.8 Å². The summed E-state index contributed by atoms with van der Waals surface area (Å²) >= 11 is 0. The second-order valence-electron chi connectivity index (χ2n) is 2.56. The van der Waals surface area contributed by atoms with E-state index in [1.54, 1.807) is 6.08 Å². The van der Waals surface area contributed by atoms with Gasteiger partial charge >= 0.3 is 5.97 Å². The lowest BCUT2D eigenvalue weighted by Crippen LogP contribution is -1.86. The second kappa shape index (κ2) is 7.11. The van der Waals surface area contributed by atoms with Crippen molar-refractivity contribution in [1.82, 2.24) is 0 Å². The summed E-state index contributed by atoms with van der Waals surface area (Å²) in [5.41, 5.74) is 1.05. The molecule has 3 nitrogen and oxygen atoms in total. The fourth-order valence-corrected chi connectivity index (χ4v) is 0.889. The largest absolute Gasteiger partial charge is 0.478 e. The molecule has 0 saturated carbocycles. The van der Waals surface area contributed by atoms with Crippen LogP contribution in [0.5, 0.6) is 0 Å². The van der Waals surface area contributed by atoms with Gasteiger partial charge in [0, 0.05) is 6.08 Å². The van der Waals surface area contributed by atoms with Crippen LogP contribution in [0.1, 0.15) is 26.2 Å². The predicted molar refractivity (Wildman–Crippen MR) is 50.0 cm³/mol. The van der Waals surface area contributed by atoms with Gasteiger partial charge in [-0.1, -0.05) is 17.7 Å². The molecular weight excluding hydrogens is 166 g/mol. The highest BCUT2D eigenvalue weighted by Gasteiger charge is 1.93.